The van der Waals surface area contributed by atoms with Crippen molar-refractivity contribution in [3.05, 3.63) is 113 Å². The normalized spacial score (nSPS) is 13.1. The molecule has 0 aliphatic rings. The average Bonchev–Trinajstić information content (AvgIpc) is 3.04. The predicted molar refractivity (Wildman–Crippen MR) is 170 cm³/mol. The molecule has 3 amide bonds. The molecule has 0 fully saturated rings. The lowest BCUT2D eigenvalue weighted by Gasteiger charge is -2.34. The van der Waals surface area contributed by atoms with Crippen LogP contribution in [0.15, 0.2) is 91.0 Å². The van der Waals surface area contributed by atoms with E-state index in [1.54, 1.807) is 46.5 Å². The Morgan fingerprint density at radius 3 is 2.09 bits per heavy atom. The molecule has 0 radical (unpaired) electrons. The lowest BCUT2D eigenvalue weighted by atomic mass is 9.97. The highest BCUT2D eigenvalue weighted by atomic mass is 16.5. The van der Waals surface area contributed by atoms with Crippen molar-refractivity contribution in [2.45, 2.75) is 37.9 Å². The van der Waals surface area contributed by atoms with Crippen LogP contribution in [0, 0.1) is 0 Å². The largest absolute Gasteiger partial charge is 0.497 e. The summed E-state index contributed by atoms with van der Waals surface area (Å²) in [5.41, 5.74) is 9.12. The van der Waals surface area contributed by atoms with Gasteiger partial charge in [-0.05, 0) is 58.7 Å². The van der Waals surface area contributed by atoms with E-state index in [1.165, 1.54) is 9.80 Å². The van der Waals surface area contributed by atoms with E-state index in [0.29, 0.717) is 17.7 Å². The molecule has 43 heavy (non-hydrogen) atoms. The Bertz CT molecular complexity index is 1580. The number of nitrogens with one attached hydrogen (secondary N) is 1. The van der Waals surface area contributed by atoms with Gasteiger partial charge in [0.2, 0.25) is 11.8 Å². The predicted octanol–water partition coefficient (Wildman–Crippen LogP) is 4.37. The lowest BCUT2D eigenvalue weighted by molar-refractivity contribution is -0.142. The Labute approximate surface area is 253 Å². The molecule has 4 aromatic rings. The molecule has 0 saturated heterocycles. The second kappa shape index (κ2) is 14.0. The van der Waals surface area contributed by atoms with E-state index in [9.17, 15) is 14.4 Å². The van der Waals surface area contributed by atoms with Gasteiger partial charge in [-0.1, -0.05) is 66.7 Å². The molecule has 0 bridgehead atoms. The third-order valence-corrected chi connectivity index (χ3v) is 7.93. The molecule has 4 aromatic carbocycles. The van der Waals surface area contributed by atoms with Gasteiger partial charge < -0.3 is 25.6 Å². The topological polar surface area (TPSA) is 105 Å². The number of hydrogen-bond donors (Lipinski definition) is 2. The van der Waals surface area contributed by atoms with E-state index >= 15 is 0 Å². The van der Waals surface area contributed by atoms with Gasteiger partial charge in [0.25, 0.3) is 5.91 Å². The minimum atomic E-state index is -0.874. The van der Waals surface area contributed by atoms with Crippen LogP contribution in [-0.4, -0.2) is 67.9 Å². The van der Waals surface area contributed by atoms with Crippen molar-refractivity contribution in [1.29, 1.82) is 0 Å². The number of fused-ring (bicyclic) bond motifs is 1. The summed E-state index contributed by atoms with van der Waals surface area (Å²) in [5.74, 6) is -0.237. The van der Waals surface area contributed by atoms with Crippen LogP contribution < -0.4 is 15.8 Å². The van der Waals surface area contributed by atoms with Crippen LogP contribution in [0.4, 0.5) is 0 Å². The second-order valence-corrected chi connectivity index (χ2v) is 10.9. The minimum Gasteiger partial charge on any atom is -0.497 e. The molecular formula is C35H40N4O4. The maximum atomic E-state index is 14.3. The molecule has 0 spiro atoms. The molecular weight excluding hydrogens is 540 g/mol. The van der Waals surface area contributed by atoms with Crippen LogP contribution >= 0.6 is 0 Å². The first-order valence-corrected chi connectivity index (χ1v) is 14.3. The van der Waals surface area contributed by atoms with E-state index in [1.807, 2.05) is 79.7 Å². The standard InChI is InChI=1S/C35H40N4O4/c1-23(36)27-11-8-12-29(22-27)34(41)39(4)32(21-25-13-16-26-9-6-7-10-28(26)19-25)35(42)38(3)31(33(40)37-2)20-24-14-17-30(43-5)18-15-24/h6-19,22-23,31-32H,20-21,36H2,1-5H3,(H,37,40)/t23?,31-,32-/m1/s1. The summed E-state index contributed by atoms with van der Waals surface area (Å²) < 4.78 is 5.26. The van der Waals surface area contributed by atoms with Crippen molar-refractivity contribution in [3.63, 3.8) is 0 Å². The Hall–Kier alpha value is -4.69. The van der Waals surface area contributed by atoms with E-state index in [4.69, 9.17) is 10.5 Å². The zero-order valence-electron chi connectivity index (χ0n) is 25.4. The van der Waals surface area contributed by atoms with E-state index in [0.717, 1.165) is 27.5 Å². The zero-order valence-corrected chi connectivity index (χ0v) is 25.4. The number of ether oxygens (including phenoxy) is 1. The molecule has 8 nitrogen and oxygen atoms in total. The fraction of sp³-hybridized carbons (Fsp3) is 0.286. The molecule has 224 valence electrons. The first-order valence-electron chi connectivity index (χ1n) is 14.3. The SMILES string of the molecule is CNC(=O)[C@@H](Cc1ccc(OC)cc1)N(C)C(=O)[C@@H](Cc1ccc2ccccc2c1)N(C)C(=O)c1cccc(C(C)N)c1. The molecule has 3 N–H and O–H groups in total. The smallest absolute Gasteiger partial charge is 0.254 e. The van der Waals surface area contributed by atoms with Crippen molar-refractivity contribution < 1.29 is 19.1 Å². The molecule has 3 atom stereocenters. The van der Waals surface area contributed by atoms with Crippen LogP contribution in [0.25, 0.3) is 10.8 Å². The van der Waals surface area contributed by atoms with Gasteiger partial charge in [0.05, 0.1) is 7.11 Å². The van der Waals surface area contributed by atoms with Gasteiger partial charge in [-0.2, -0.15) is 0 Å². The monoisotopic (exact) mass is 580 g/mol. The van der Waals surface area contributed by atoms with Gasteiger partial charge in [0, 0.05) is 45.6 Å². The number of amides is 3. The third kappa shape index (κ3) is 7.40. The van der Waals surface area contributed by atoms with Crippen LogP contribution in [0.1, 0.15) is 40.0 Å². The first kappa shape index (κ1) is 31.3. The van der Waals surface area contributed by atoms with E-state index in [-0.39, 0.29) is 30.2 Å². The summed E-state index contributed by atoms with van der Waals surface area (Å²) in [5, 5.41) is 4.83. The number of nitrogens with two attached hydrogens (primary N) is 1. The van der Waals surface area contributed by atoms with Crippen LogP contribution in [0.5, 0.6) is 5.75 Å². The maximum Gasteiger partial charge on any atom is 0.254 e. The zero-order chi connectivity index (χ0) is 31.1. The van der Waals surface area contributed by atoms with Gasteiger partial charge in [-0.25, -0.2) is 0 Å². The van der Waals surface area contributed by atoms with Crippen LogP contribution in [0.2, 0.25) is 0 Å². The van der Waals surface area contributed by atoms with Crippen molar-refractivity contribution in [3.8, 4) is 5.75 Å². The second-order valence-electron chi connectivity index (χ2n) is 10.9. The Kier molecular flexibility index (Phi) is 10.2. The molecule has 0 aromatic heterocycles. The Morgan fingerprint density at radius 1 is 0.791 bits per heavy atom. The lowest BCUT2D eigenvalue weighted by Crippen LogP contribution is -2.55. The van der Waals surface area contributed by atoms with Crippen molar-refractivity contribution in [2.24, 2.45) is 5.73 Å². The van der Waals surface area contributed by atoms with Gasteiger partial charge >= 0.3 is 0 Å². The summed E-state index contributed by atoms with van der Waals surface area (Å²) >= 11 is 0. The summed E-state index contributed by atoms with van der Waals surface area (Å²) in [7, 11) is 6.40. The maximum absolute atomic E-state index is 14.3. The van der Waals surface area contributed by atoms with Crippen molar-refractivity contribution >= 4 is 28.5 Å². The molecule has 0 saturated carbocycles. The molecule has 4 rings (SSSR count). The quantitative estimate of drug-likeness (QED) is 0.274. The summed E-state index contributed by atoms with van der Waals surface area (Å²) in [6.07, 6.45) is 0.564. The van der Waals surface area contributed by atoms with Gasteiger partial charge in [-0.15, -0.1) is 0 Å². The summed E-state index contributed by atoms with van der Waals surface area (Å²) in [6.45, 7) is 1.86. The molecule has 1 unspecified atom stereocenters. The number of nitrogens with zero attached hydrogens (tertiary/aromatic N) is 2. The molecule has 0 heterocycles. The van der Waals surface area contributed by atoms with E-state index in [2.05, 4.69) is 5.32 Å². The summed E-state index contributed by atoms with van der Waals surface area (Å²) in [4.78, 5) is 44.2. The number of rotatable bonds is 11. The Balaban J connectivity index is 1.69. The van der Waals surface area contributed by atoms with Gasteiger partial charge in [0.15, 0.2) is 0 Å². The Morgan fingerprint density at radius 2 is 1.44 bits per heavy atom. The van der Waals surface area contributed by atoms with Crippen molar-refractivity contribution in [1.82, 2.24) is 15.1 Å². The fourth-order valence-electron chi connectivity index (χ4n) is 5.22. The molecule has 8 heteroatoms. The van der Waals surface area contributed by atoms with Crippen LogP contribution in [-0.2, 0) is 22.4 Å². The first-order chi connectivity index (χ1) is 20.6. The highest BCUT2D eigenvalue weighted by molar-refractivity contribution is 5.98. The molecule has 0 aliphatic heterocycles. The number of hydrogen-bond acceptors (Lipinski definition) is 5. The number of benzene rings is 4. The highest BCUT2D eigenvalue weighted by Crippen LogP contribution is 2.22. The highest BCUT2D eigenvalue weighted by Gasteiger charge is 2.35. The number of carbonyl (C=O) groups is 3. The van der Waals surface area contributed by atoms with E-state index < -0.39 is 12.1 Å². The number of methoxy groups -OCH3 is 1. The number of likely N-dealkylation sites (N-methyl/N-ethyl adjacent to an activating group) is 3. The number of carbonyl (C=O) groups excluding carboxylic acids is 3. The third-order valence-electron chi connectivity index (χ3n) is 7.93. The molecule has 0 aliphatic carbocycles. The fourth-order valence-corrected chi connectivity index (χ4v) is 5.22. The van der Waals surface area contributed by atoms with Gasteiger partial charge in [0.1, 0.15) is 17.8 Å². The average molecular weight is 581 g/mol. The summed E-state index contributed by atoms with van der Waals surface area (Å²) in [6, 6.07) is 26.7. The van der Waals surface area contributed by atoms with Crippen LogP contribution in [0.3, 0.4) is 0 Å². The van der Waals surface area contributed by atoms with Crippen molar-refractivity contribution in [2.75, 3.05) is 28.3 Å². The minimum absolute atomic E-state index is 0.245. The van der Waals surface area contributed by atoms with Gasteiger partial charge in [-0.3, -0.25) is 14.4 Å².